The Balaban J connectivity index is 3.32. The van der Waals surface area contributed by atoms with Crippen LogP contribution in [0.5, 0.6) is 0 Å². The van der Waals surface area contributed by atoms with Gasteiger partial charge in [0.2, 0.25) is 9.84 Å². The fraction of sp³-hybridized carbons (Fsp3) is 0.667. The predicted octanol–water partition coefficient (Wildman–Crippen LogP) is -1.39. The van der Waals surface area contributed by atoms with Crippen molar-refractivity contribution < 1.29 is 8.42 Å². The maximum Gasteiger partial charge on any atom is 0.267 e. The van der Waals surface area contributed by atoms with Crippen molar-refractivity contribution in [2.45, 2.75) is 5.16 Å². The van der Waals surface area contributed by atoms with Crippen molar-refractivity contribution in [3.8, 4) is 0 Å². The predicted molar refractivity (Wildman–Crippen MR) is 31.9 cm³/mol. The molecule has 0 unspecified atom stereocenters. The summed E-state index contributed by atoms with van der Waals surface area (Å²) < 4.78 is 22.6. The first kappa shape index (κ1) is 7.13. The highest BCUT2D eigenvalue weighted by molar-refractivity contribution is 7.90. The molecule has 1 aromatic rings. The molecule has 1 heterocycles. The first-order valence-corrected chi connectivity index (χ1v) is 4.33. The minimum Gasteiger partial charge on any atom is -0.221 e. The van der Waals surface area contributed by atoms with Crippen LogP contribution in [0.4, 0.5) is 0 Å². The third-order valence-electron chi connectivity index (χ3n) is 0.913. The van der Waals surface area contributed by atoms with Gasteiger partial charge in [0.25, 0.3) is 5.16 Å². The Morgan fingerprint density at radius 1 is 1.50 bits per heavy atom. The summed E-state index contributed by atoms with van der Waals surface area (Å²) in [4.78, 5) is 0. The number of aromatic nitrogens is 4. The molecule has 0 radical (unpaired) electrons. The minimum absolute atomic E-state index is 0.118. The second kappa shape index (κ2) is 2.01. The molecule has 0 aliphatic carbocycles. The van der Waals surface area contributed by atoms with Crippen molar-refractivity contribution in [2.24, 2.45) is 7.05 Å². The molecule has 6 nitrogen and oxygen atoms in total. The monoisotopic (exact) mass is 162 g/mol. The summed E-state index contributed by atoms with van der Waals surface area (Å²) >= 11 is 0. The van der Waals surface area contributed by atoms with Crippen LogP contribution in [0.1, 0.15) is 0 Å². The molecule has 0 saturated carbocycles. The average Bonchev–Trinajstić information content (AvgIpc) is 2.11. The largest absolute Gasteiger partial charge is 0.267 e. The normalized spacial score (nSPS) is 11.8. The Labute approximate surface area is 57.8 Å². The molecule has 0 bridgehead atoms. The molecule has 0 aliphatic heterocycles. The van der Waals surface area contributed by atoms with Gasteiger partial charge in [-0.15, -0.1) is 0 Å². The van der Waals surface area contributed by atoms with Gasteiger partial charge in [-0.1, -0.05) is 5.10 Å². The molecule has 7 heteroatoms. The van der Waals surface area contributed by atoms with Gasteiger partial charge >= 0.3 is 0 Å². The summed E-state index contributed by atoms with van der Waals surface area (Å²) in [5.41, 5.74) is 0. The molecule has 1 rings (SSSR count). The lowest BCUT2D eigenvalue weighted by Gasteiger charge is -1.91. The molecule has 0 atom stereocenters. The molecule has 56 valence electrons. The van der Waals surface area contributed by atoms with Crippen LogP contribution in [0.2, 0.25) is 0 Å². The molecule has 1 aromatic heterocycles. The molecule has 0 amide bonds. The van der Waals surface area contributed by atoms with Gasteiger partial charge in [-0.25, -0.2) is 13.1 Å². The van der Waals surface area contributed by atoms with E-state index in [0.717, 1.165) is 10.9 Å². The Hall–Kier alpha value is -0.980. The van der Waals surface area contributed by atoms with Crippen LogP contribution in [-0.4, -0.2) is 34.9 Å². The van der Waals surface area contributed by atoms with Crippen LogP contribution < -0.4 is 0 Å². The van der Waals surface area contributed by atoms with E-state index >= 15 is 0 Å². The second-order valence-corrected chi connectivity index (χ2v) is 3.77. The molecule has 0 fully saturated rings. The van der Waals surface area contributed by atoms with Gasteiger partial charge in [0.1, 0.15) is 0 Å². The summed E-state index contributed by atoms with van der Waals surface area (Å²) in [5.74, 6) is 0. The van der Waals surface area contributed by atoms with Crippen molar-refractivity contribution >= 4 is 9.84 Å². The zero-order chi connectivity index (χ0) is 7.78. The highest BCUT2D eigenvalue weighted by Crippen LogP contribution is 1.97. The van der Waals surface area contributed by atoms with Crippen molar-refractivity contribution in [1.29, 1.82) is 0 Å². The van der Waals surface area contributed by atoms with E-state index in [-0.39, 0.29) is 5.16 Å². The third-order valence-corrected chi connectivity index (χ3v) is 1.92. The molecule has 0 saturated heterocycles. The number of aryl methyl sites for hydroxylation is 1. The Morgan fingerprint density at radius 3 is 2.30 bits per heavy atom. The van der Waals surface area contributed by atoms with E-state index in [2.05, 4.69) is 15.5 Å². The van der Waals surface area contributed by atoms with E-state index < -0.39 is 9.84 Å². The minimum atomic E-state index is -3.26. The highest BCUT2D eigenvalue weighted by Gasteiger charge is 2.13. The molecule has 0 aliphatic rings. The van der Waals surface area contributed by atoms with Gasteiger partial charge in [0.05, 0.1) is 0 Å². The lowest BCUT2D eigenvalue weighted by Crippen LogP contribution is -2.06. The van der Waals surface area contributed by atoms with Crippen molar-refractivity contribution in [3.05, 3.63) is 0 Å². The molecule has 10 heavy (non-hydrogen) atoms. The van der Waals surface area contributed by atoms with E-state index in [0.29, 0.717) is 0 Å². The van der Waals surface area contributed by atoms with Crippen LogP contribution in [-0.2, 0) is 16.9 Å². The zero-order valence-electron chi connectivity index (χ0n) is 5.51. The van der Waals surface area contributed by atoms with Crippen molar-refractivity contribution in [2.75, 3.05) is 6.26 Å². The van der Waals surface area contributed by atoms with Crippen LogP contribution >= 0.6 is 0 Å². The van der Waals surface area contributed by atoms with Crippen molar-refractivity contribution in [3.63, 3.8) is 0 Å². The second-order valence-electron chi connectivity index (χ2n) is 1.86. The maximum atomic E-state index is 10.8. The first-order valence-electron chi connectivity index (χ1n) is 2.44. The van der Waals surface area contributed by atoms with Gasteiger partial charge < -0.3 is 0 Å². The third kappa shape index (κ3) is 1.13. The molecule has 0 aromatic carbocycles. The maximum absolute atomic E-state index is 10.8. The number of sulfone groups is 1. The SMILES string of the molecule is Cn1nnnc1S(C)(=O)=O. The van der Waals surface area contributed by atoms with Crippen LogP contribution in [0, 0.1) is 0 Å². The number of hydrogen-bond donors (Lipinski definition) is 0. The lowest BCUT2D eigenvalue weighted by molar-refractivity contribution is 0.574. The topological polar surface area (TPSA) is 77.7 Å². The molecule has 0 spiro atoms. The number of nitrogens with zero attached hydrogens (tertiary/aromatic N) is 4. The van der Waals surface area contributed by atoms with Crippen LogP contribution in [0.15, 0.2) is 5.16 Å². The molecular weight excluding hydrogens is 156 g/mol. The van der Waals surface area contributed by atoms with Gasteiger partial charge in [-0.2, -0.15) is 0 Å². The molecule has 0 N–H and O–H groups in total. The summed E-state index contributed by atoms with van der Waals surface area (Å²) in [6, 6.07) is 0. The Kier molecular flexibility index (Phi) is 1.43. The lowest BCUT2D eigenvalue weighted by atomic mass is 11.2. The number of hydrogen-bond acceptors (Lipinski definition) is 5. The summed E-state index contributed by atoms with van der Waals surface area (Å²) in [7, 11) is -1.79. The summed E-state index contributed by atoms with van der Waals surface area (Å²) in [5, 5.41) is 9.71. The average molecular weight is 162 g/mol. The fourth-order valence-corrected chi connectivity index (χ4v) is 1.24. The van der Waals surface area contributed by atoms with Crippen molar-refractivity contribution in [1.82, 2.24) is 20.2 Å². The highest BCUT2D eigenvalue weighted by atomic mass is 32.2. The van der Waals surface area contributed by atoms with E-state index in [1.807, 2.05) is 0 Å². The smallest absolute Gasteiger partial charge is 0.221 e. The summed E-state index contributed by atoms with van der Waals surface area (Å²) in [6.45, 7) is 0. The van der Waals surface area contributed by atoms with E-state index in [1.54, 1.807) is 0 Å². The first-order chi connectivity index (χ1) is 4.52. The zero-order valence-corrected chi connectivity index (χ0v) is 6.33. The summed E-state index contributed by atoms with van der Waals surface area (Å²) in [6.07, 6.45) is 1.05. The van der Waals surface area contributed by atoms with E-state index in [9.17, 15) is 8.42 Å². The van der Waals surface area contributed by atoms with Crippen LogP contribution in [0.25, 0.3) is 0 Å². The van der Waals surface area contributed by atoms with E-state index in [1.165, 1.54) is 7.05 Å². The standard InChI is InChI=1S/C3H6N4O2S/c1-7-3(4-5-6-7)10(2,8)9/h1-2H3. The quantitative estimate of drug-likeness (QED) is 0.508. The van der Waals surface area contributed by atoms with Gasteiger partial charge in [0, 0.05) is 13.3 Å². The number of rotatable bonds is 1. The fourth-order valence-electron chi connectivity index (χ4n) is 0.535. The Morgan fingerprint density at radius 2 is 2.10 bits per heavy atom. The Bertz CT molecular complexity index is 326. The molecular formula is C3H6N4O2S. The van der Waals surface area contributed by atoms with Gasteiger partial charge in [-0.3, -0.25) is 0 Å². The van der Waals surface area contributed by atoms with Crippen LogP contribution in [0.3, 0.4) is 0 Å². The van der Waals surface area contributed by atoms with E-state index in [4.69, 9.17) is 0 Å². The number of tetrazole rings is 1. The van der Waals surface area contributed by atoms with Gasteiger partial charge in [0.15, 0.2) is 0 Å². The van der Waals surface area contributed by atoms with Gasteiger partial charge in [-0.05, 0) is 10.4 Å².